The fraction of sp³-hybridized carbons (Fsp3) is 0.400. The predicted molar refractivity (Wildman–Crippen MR) is 368 cm³/mol. The second kappa shape index (κ2) is 29.8. The van der Waals surface area contributed by atoms with E-state index in [4.69, 9.17) is 28.4 Å². The maximum atomic E-state index is 13.5. The van der Waals surface area contributed by atoms with E-state index in [0.29, 0.717) is 103 Å². The van der Waals surface area contributed by atoms with Crippen LogP contribution in [0.1, 0.15) is 118 Å². The van der Waals surface area contributed by atoms with E-state index in [0.717, 1.165) is 129 Å². The third-order valence-electron chi connectivity index (χ3n) is 19.1. The van der Waals surface area contributed by atoms with Gasteiger partial charge in [-0.2, -0.15) is 0 Å². The summed E-state index contributed by atoms with van der Waals surface area (Å²) in [5.41, 5.74) is 10.3. The van der Waals surface area contributed by atoms with Crippen LogP contribution in [0.5, 0.6) is 34.5 Å². The number of aromatic nitrogens is 1. The highest BCUT2D eigenvalue weighted by Gasteiger charge is 2.32. The van der Waals surface area contributed by atoms with E-state index < -0.39 is 6.10 Å². The van der Waals surface area contributed by atoms with Crippen molar-refractivity contribution in [3.05, 3.63) is 150 Å². The lowest BCUT2D eigenvalue weighted by molar-refractivity contribution is 0.0944. The molecule has 94 heavy (non-hydrogen) atoms. The van der Waals surface area contributed by atoms with E-state index in [1.807, 2.05) is 31.2 Å². The molecule has 12 rings (SSSR count). The molecule has 1 atom stereocenters. The number of pyridine rings is 1. The molecule has 1 unspecified atom stereocenters. The molecule has 9 N–H and O–H groups in total. The smallest absolute Gasteiger partial charge is 0.259 e. The van der Waals surface area contributed by atoms with Crippen molar-refractivity contribution in [1.82, 2.24) is 14.4 Å². The van der Waals surface area contributed by atoms with Crippen LogP contribution >= 0.6 is 0 Å². The third-order valence-corrected chi connectivity index (χ3v) is 19.1. The Labute approximate surface area is 546 Å². The summed E-state index contributed by atoms with van der Waals surface area (Å²) in [5.74, 6) is 3.42. The van der Waals surface area contributed by atoms with Crippen LogP contribution < -0.4 is 34.0 Å². The highest BCUT2D eigenvalue weighted by Crippen LogP contribution is 2.48. The van der Waals surface area contributed by atoms with Crippen LogP contribution in [0.2, 0.25) is 0 Å². The molecule has 2 aliphatic rings. The van der Waals surface area contributed by atoms with E-state index >= 15 is 0 Å². The van der Waals surface area contributed by atoms with Crippen molar-refractivity contribution in [3.63, 3.8) is 0 Å². The Hall–Kier alpha value is -7.89. The number of hydrogen-bond donors (Lipinski definition) is 9. The summed E-state index contributed by atoms with van der Waals surface area (Å²) >= 11 is 0. The van der Waals surface area contributed by atoms with E-state index in [1.54, 1.807) is 50.3 Å². The van der Waals surface area contributed by atoms with Crippen molar-refractivity contribution in [3.8, 4) is 34.5 Å². The van der Waals surface area contributed by atoms with Gasteiger partial charge in [0.15, 0.2) is 0 Å². The maximum Gasteiger partial charge on any atom is 0.259 e. The first kappa shape index (κ1) is 69.0. The highest BCUT2D eigenvalue weighted by molar-refractivity contribution is 6.27. The zero-order valence-corrected chi connectivity index (χ0v) is 55.6. The van der Waals surface area contributed by atoms with Crippen LogP contribution in [-0.2, 0) is 78.9 Å². The molecule has 1 aromatic heterocycles. The number of methoxy groups -OCH3 is 6. The third kappa shape index (κ3) is 12.1. The maximum absolute atomic E-state index is 13.5. The normalized spacial score (nSPS) is 14.1. The topological polar surface area (TPSA) is 266 Å². The molecule has 10 aromatic rings. The predicted octanol–water partition coefficient (Wildman–Crippen LogP) is 10.0. The number of rotatable bonds is 20. The zero-order chi connectivity index (χ0) is 67.4. The first-order valence-corrected chi connectivity index (χ1v) is 32.1. The molecule has 19 heteroatoms. The summed E-state index contributed by atoms with van der Waals surface area (Å²) in [6.45, 7) is 12.3. The van der Waals surface area contributed by atoms with Gasteiger partial charge >= 0.3 is 0 Å². The fourth-order valence-corrected chi connectivity index (χ4v) is 14.9. The van der Waals surface area contributed by atoms with Gasteiger partial charge < -0.3 is 78.9 Å². The number of ether oxygens (including phenoxy) is 6. The van der Waals surface area contributed by atoms with Crippen LogP contribution in [0.3, 0.4) is 0 Å². The molecule has 2 aliphatic heterocycles. The van der Waals surface area contributed by atoms with Crippen molar-refractivity contribution in [1.29, 1.82) is 0 Å². The largest absolute Gasteiger partial charge is 0.496 e. The van der Waals surface area contributed by atoms with Crippen LogP contribution in [0.25, 0.3) is 75.4 Å². The summed E-state index contributed by atoms with van der Waals surface area (Å²) in [5, 5.41) is 104. The van der Waals surface area contributed by atoms with Crippen molar-refractivity contribution in [2.45, 2.75) is 132 Å². The summed E-state index contributed by atoms with van der Waals surface area (Å²) in [6, 6.07) is 19.1. The van der Waals surface area contributed by atoms with E-state index in [9.17, 15) is 50.8 Å². The van der Waals surface area contributed by atoms with Gasteiger partial charge in [-0.3, -0.25) is 14.6 Å². The lowest BCUT2D eigenvalue weighted by Crippen LogP contribution is -2.34. The second-order valence-corrected chi connectivity index (χ2v) is 24.1. The molecule has 0 saturated carbocycles. The Kier molecular flexibility index (Phi) is 21.9. The van der Waals surface area contributed by atoms with Crippen LogP contribution in [0.15, 0.2) is 71.7 Å². The van der Waals surface area contributed by atoms with Gasteiger partial charge in [-0.1, -0.05) is 20.8 Å². The van der Waals surface area contributed by atoms with Crippen LogP contribution in [-0.4, -0.2) is 129 Å². The summed E-state index contributed by atoms with van der Waals surface area (Å²) in [7, 11) is 9.44. The average molecular weight is 1290 g/mol. The van der Waals surface area contributed by atoms with Gasteiger partial charge in [0.25, 0.3) is 5.56 Å². The molecule has 3 heterocycles. The van der Waals surface area contributed by atoms with Gasteiger partial charge in [0.1, 0.15) is 34.5 Å². The number of aliphatic hydroxyl groups is 9. The van der Waals surface area contributed by atoms with Crippen LogP contribution in [0, 0.1) is 6.92 Å². The number of aryl methyl sites for hydroxylation is 2. The number of aliphatic hydroxyl groups excluding tert-OH is 9. The van der Waals surface area contributed by atoms with Gasteiger partial charge in [-0.25, -0.2) is 0 Å². The lowest BCUT2D eigenvalue weighted by Gasteiger charge is -2.34. The highest BCUT2D eigenvalue weighted by atomic mass is 16.5. The zero-order valence-electron chi connectivity index (χ0n) is 55.6. The van der Waals surface area contributed by atoms with Crippen molar-refractivity contribution < 1.29 is 74.4 Å². The molecule has 0 saturated heterocycles. The standard InChI is InChI=1S/C25H27NO6.C25H31NO6.C25H31NO4/c1-4-6-26-7-5-15-17-10-22(32-3)19(12-28)20(13-29)23(17)16-8-14(11-27)21(31-2)9-18(16)24(15)25(26)30;1-4-5-26-9-18-15-7-22(31-2)14(11-27)6-16(15)24-17(25(18)21(30)10-26)8-23(32-3)19(12-28)20(24)13-29;1-5-7-26-8-6-17-20-11-24(30-4)22(14-28)15(2)25(20)19-9-16(13-27)23(29-3)10-18(19)21(17)12-26/h5,7-10,27-29H,4,6,11-13H2,1-3H3;6-8,21,27-30H,4-5,9-13H2,1-3H3;9-11,27-28H,5-8,12-14H2,1-4H3. The minimum absolute atomic E-state index is 0.0726. The molecule has 0 amide bonds. The van der Waals surface area contributed by atoms with E-state index in [1.165, 1.54) is 43.2 Å². The monoisotopic (exact) mass is 1290 g/mol. The molecule has 0 spiro atoms. The summed E-state index contributed by atoms with van der Waals surface area (Å²) in [6.07, 6.45) is 4.98. The number of benzene rings is 9. The average Bonchev–Trinajstić information content (AvgIpc) is 0.733. The number of β-amino-alcohol motifs (C(OH)–C–C–N with tert-alkyl or cyclic N) is 1. The Morgan fingerprint density at radius 3 is 1.32 bits per heavy atom. The van der Waals surface area contributed by atoms with Crippen molar-refractivity contribution in [2.24, 2.45) is 0 Å². The first-order valence-electron chi connectivity index (χ1n) is 32.1. The molecular weight excluding hydrogens is 1200 g/mol. The SMILES string of the molecule is CCCN1CCc2c(c3cc(OC)c(CO)cc3c3c(C)c(CO)c(OC)cc23)C1.CCCN1Cc2c(c3cc(OC)c(CO)c(CO)c3c3cc(CO)c(OC)cc23)C(O)C1.CCCn1ccc2c3cc(OC)c(CO)c(CO)c3c3cc(CO)c(OC)cc3c2c1=O. The Balaban J connectivity index is 0.000000154. The van der Waals surface area contributed by atoms with Gasteiger partial charge in [0.2, 0.25) is 0 Å². The van der Waals surface area contributed by atoms with Gasteiger partial charge in [-0.15, -0.1) is 0 Å². The van der Waals surface area contributed by atoms with E-state index in [-0.39, 0.29) is 58.4 Å². The second-order valence-electron chi connectivity index (χ2n) is 24.1. The van der Waals surface area contributed by atoms with Crippen molar-refractivity contribution in [2.75, 3.05) is 68.8 Å². The first-order chi connectivity index (χ1) is 45.6. The van der Waals surface area contributed by atoms with Crippen molar-refractivity contribution >= 4 is 75.4 Å². The minimum atomic E-state index is -0.711. The number of fused-ring (bicyclic) bond motifs is 18. The number of hydrogen-bond acceptors (Lipinski definition) is 18. The molecule has 0 aliphatic carbocycles. The molecule has 19 nitrogen and oxygen atoms in total. The molecule has 500 valence electrons. The molecule has 9 aromatic carbocycles. The Morgan fingerprint density at radius 2 is 0.819 bits per heavy atom. The molecule has 0 radical (unpaired) electrons. The summed E-state index contributed by atoms with van der Waals surface area (Å²) < 4.78 is 35.0. The van der Waals surface area contributed by atoms with Crippen LogP contribution in [0.4, 0.5) is 0 Å². The Morgan fingerprint density at radius 1 is 0.415 bits per heavy atom. The summed E-state index contributed by atoms with van der Waals surface area (Å²) in [4.78, 5) is 18.3. The minimum Gasteiger partial charge on any atom is -0.496 e. The molecule has 0 bridgehead atoms. The molecule has 0 fully saturated rings. The van der Waals surface area contributed by atoms with E-state index in [2.05, 4.69) is 48.8 Å². The lowest BCUT2D eigenvalue weighted by atomic mass is 9.83. The van der Waals surface area contributed by atoms with Gasteiger partial charge in [0.05, 0.1) is 107 Å². The quantitative estimate of drug-likeness (QED) is 0.0321. The number of nitrogens with zero attached hydrogens (tertiary/aromatic N) is 3. The Bertz CT molecular complexity index is 4560. The fourth-order valence-electron chi connectivity index (χ4n) is 14.9. The molecular formula is C75H89N3O16. The van der Waals surface area contributed by atoms with Gasteiger partial charge in [0, 0.05) is 72.3 Å². The van der Waals surface area contributed by atoms with Gasteiger partial charge in [-0.05, 0) is 215 Å².